The molecule has 0 spiro atoms. The largest absolute Gasteiger partial charge is 0.369 e. The molecule has 45 heavy (non-hydrogen) atoms. The molecule has 1 fully saturated rings. The normalized spacial score (nSPS) is 17.4. The molecule has 2 amide bonds. The standard InChI is InChI=1S/C38H42N4O3/c1-6-41(31-10-7-9-25(2)19-31)37(45)28-15-18-34(32(21-28)39-36(44)27-13-16-30(17-14-27)38(3,4)5)40-22-26-20-29(24-40)33-11-8-12-35(43)42(33)23-26/h7-19,21,26,29H,6,20,22-24H2,1-5H3,(H,39,44). The first-order chi connectivity index (χ1) is 21.5. The summed E-state index contributed by atoms with van der Waals surface area (Å²) in [5.74, 6) is 0.172. The maximum absolute atomic E-state index is 13.9. The molecule has 1 saturated heterocycles. The fourth-order valence-corrected chi connectivity index (χ4v) is 6.85. The molecule has 232 valence electrons. The molecule has 0 saturated carbocycles. The number of nitrogens with zero attached hydrogens (tertiary/aromatic N) is 3. The summed E-state index contributed by atoms with van der Waals surface area (Å²) in [6, 6.07) is 26.9. The van der Waals surface area contributed by atoms with Gasteiger partial charge in [0.05, 0.1) is 11.4 Å². The molecule has 7 heteroatoms. The smallest absolute Gasteiger partial charge is 0.258 e. The average molecular weight is 603 g/mol. The van der Waals surface area contributed by atoms with Crippen LogP contribution >= 0.6 is 0 Å². The SMILES string of the molecule is CCN(C(=O)c1ccc(N2CC3CC(C2)c2cccc(=O)n2C3)c(NC(=O)c2ccc(C(C)(C)C)cc2)c1)c1cccc(C)c1. The molecule has 3 aromatic carbocycles. The molecule has 2 aliphatic rings. The molecular weight excluding hydrogens is 560 g/mol. The van der Waals surface area contributed by atoms with Gasteiger partial charge in [0, 0.05) is 60.7 Å². The predicted octanol–water partition coefficient (Wildman–Crippen LogP) is 7.00. The van der Waals surface area contributed by atoms with Crippen molar-refractivity contribution in [2.75, 3.05) is 34.8 Å². The van der Waals surface area contributed by atoms with Crippen molar-refractivity contribution in [3.05, 3.63) is 123 Å². The Balaban J connectivity index is 1.35. The number of aromatic nitrogens is 1. The first kappa shape index (κ1) is 30.4. The van der Waals surface area contributed by atoms with E-state index in [-0.39, 0.29) is 28.7 Å². The number of fused-ring (bicyclic) bond motifs is 4. The topological polar surface area (TPSA) is 74.7 Å². The van der Waals surface area contributed by atoms with Crippen LogP contribution in [0.5, 0.6) is 0 Å². The lowest BCUT2D eigenvalue weighted by Crippen LogP contribution is -2.47. The zero-order chi connectivity index (χ0) is 31.9. The van der Waals surface area contributed by atoms with Crippen LogP contribution in [0, 0.1) is 12.8 Å². The number of amides is 2. The third-order valence-corrected chi connectivity index (χ3v) is 9.20. The van der Waals surface area contributed by atoms with E-state index in [9.17, 15) is 14.4 Å². The van der Waals surface area contributed by atoms with Crippen molar-refractivity contribution >= 4 is 28.9 Å². The highest BCUT2D eigenvalue weighted by molar-refractivity contribution is 6.10. The fraction of sp³-hybridized carbons (Fsp3) is 0.342. The molecule has 4 aromatic rings. The lowest BCUT2D eigenvalue weighted by atomic mass is 9.83. The summed E-state index contributed by atoms with van der Waals surface area (Å²) in [4.78, 5) is 44.3. The second kappa shape index (κ2) is 12.0. The quantitative estimate of drug-likeness (QED) is 0.258. The third kappa shape index (κ3) is 6.17. The van der Waals surface area contributed by atoms with Crippen LogP contribution in [-0.4, -0.2) is 36.0 Å². The zero-order valence-electron chi connectivity index (χ0n) is 26.8. The summed E-state index contributed by atoms with van der Waals surface area (Å²) in [6.45, 7) is 13.1. The van der Waals surface area contributed by atoms with Gasteiger partial charge in [-0.15, -0.1) is 0 Å². The number of benzene rings is 3. The van der Waals surface area contributed by atoms with Gasteiger partial charge in [0.25, 0.3) is 17.4 Å². The Kier molecular flexibility index (Phi) is 8.12. The Morgan fingerprint density at radius 1 is 0.889 bits per heavy atom. The van der Waals surface area contributed by atoms with Crippen molar-refractivity contribution in [3.8, 4) is 0 Å². The van der Waals surface area contributed by atoms with Gasteiger partial charge in [-0.3, -0.25) is 14.4 Å². The Morgan fingerprint density at radius 2 is 1.62 bits per heavy atom. The van der Waals surface area contributed by atoms with Crippen molar-refractivity contribution in [1.29, 1.82) is 0 Å². The van der Waals surface area contributed by atoms with E-state index in [1.54, 1.807) is 11.0 Å². The summed E-state index contributed by atoms with van der Waals surface area (Å²) >= 11 is 0. The van der Waals surface area contributed by atoms with Gasteiger partial charge in [-0.1, -0.05) is 51.1 Å². The minimum Gasteiger partial charge on any atom is -0.369 e. The number of aryl methyl sites for hydroxylation is 1. The summed E-state index contributed by atoms with van der Waals surface area (Å²) in [6.07, 6.45) is 1.03. The highest BCUT2D eigenvalue weighted by Gasteiger charge is 2.35. The van der Waals surface area contributed by atoms with Crippen LogP contribution in [0.15, 0.2) is 89.7 Å². The monoisotopic (exact) mass is 602 g/mol. The van der Waals surface area contributed by atoms with Gasteiger partial charge in [-0.2, -0.15) is 0 Å². The van der Waals surface area contributed by atoms with E-state index in [1.165, 1.54) is 0 Å². The molecule has 2 aliphatic heterocycles. The highest BCUT2D eigenvalue weighted by atomic mass is 16.2. The van der Waals surface area contributed by atoms with Gasteiger partial charge < -0.3 is 19.7 Å². The van der Waals surface area contributed by atoms with Crippen LogP contribution in [-0.2, 0) is 12.0 Å². The Morgan fingerprint density at radius 3 is 2.33 bits per heavy atom. The van der Waals surface area contributed by atoms with Crippen LogP contribution < -0.4 is 20.7 Å². The summed E-state index contributed by atoms with van der Waals surface area (Å²) in [7, 11) is 0. The van der Waals surface area contributed by atoms with Crippen molar-refractivity contribution in [2.24, 2.45) is 5.92 Å². The minimum atomic E-state index is -0.221. The molecule has 1 aromatic heterocycles. The molecule has 3 heterocycles. The van der Waals surface area contributed by atoms with Gasteiger partial charge in [0.1, 0.15) is 0 Å². The number of carbonyl (C=O) groups excluding carboxylic acids is 2. The number of rotatable bonds is 6. The number of hydrogen-bond acceptors (Lipinski definition) is 4. The lowest BCUT2D eigenvalue weighted by molar-refractivity contribution is 0.0985. The molecule has 7 nitrogen and oxygen atoms in total. The Labute approximate surface area is 265 Å². The van der Waals surface area contributed by atoms with Gasteiger partial charge >= 0.3 is 0 Å². The lowest BCUT2D eigenvalue weighted by Gasteiger charge is -2.44. The average Bonchev–Trinajstić information content (AvgIpc) is 3.01. The van der Waals surface area contributed by atoms with Crippen LogP contribution in [0.1, 0.15) is 77.6 Å². The highest BCUT2D eigenvalue weighted by Crippen LogP contribution is 2.39. The van der Waals surface area contributed by atoms with Crippen molar-refractivity contribution in [2.45, 2.75) is 58.9 Å². The first-order valence-electron chi connectivity index (χ1n) is 15.9. The van der Waals surface area contributed by atoms with E-state index in [4.69, 9.17) is 0 Å². The van der Waals surface area contributed by atoms with Crippen LogP contribution in [0.25, 0.3) is 0 Å². The number of piperidine rings is 1. The van der Waals surface area contributed by atoms with Gasteiger partial charge in [0.2, 0.25) is 0 Å². The Bertz CT molecular complexity index is 1800. The number of hydrogen-bond donors (Lipinski definition) is 1. The predicted molar refractivity (Wildman–Crippen MR) is 182 cm³/mol. The van der Waals surface area contributed by atoms with E-state index in [0.717, 1.165) is 47.7 Å². The molecular formula is C38H42N4O3. The number of carbonyl (C=O) groups is 2. The van der Waals surface area contributed by atoms with Crippen molar-refractivity contribution in [3.63, 3.8) is 0 Å². The molecule has 2 bridgehead atoms. The molecule has 2 atom stereocenters. The molecule has 0 aliphatic carbocycles. The van der Waals surface area contributed by atoms with Crippen molar-refractivity contribution < 1.29 is 9.59 Å². The van der Waals surface area contributed by atoms with E-state index < -0.39 is 0 Å². The number of anilines is 3. The second-order valence-electron chi connectivity index (χ2n) is 13.5. The fourth-order valence-electron chi connectivity index (χ4n) is 6.85. The van der Waals surface area contributed by atoms with E-state index >= 15 is 0 Å². The van der Waals surface area contributed by atoms with E-state index in [2.05, 4.69) is 37.1 Å². The summed E-state index contributed by atoms with van der Waals surface area (Å²) < 4.78 is 1.92. The second-order valence-corrected chi connectivity index (χ2v) is 13.5. The van der Waals surface area contributed by atoms with E-state index in [0.29, 0.717) is 35.8 Å². The first-order valence-corrected chi connectivity index (χ1v) is 15.9. The zero-order valence-corrected chi connectivity index (χ0v) is 26.8. The Hall–Kier alpha value is -4.65. The van der Waals surface area contributed by atoms with E-state index in [1.807, 2.05) is 91.2 Å². The van der Waals surface area contributed by atoms with Crippen LogP contribution in [0.3, 0.4) is 0 Å². The molecule has 6 rings (SSSR count). The van der Waals surface area contributed by atoms with Crippen molar-refractivity contribution in [1.82, 2.24) is 4.57 Å². The van der Waals surface area contributed by atoms with Crippen LogP contribution in [0.2, 0.25) is 0 Å². The van der Waals surface area contributed by atoms with Gasteiger partial charge in [0.15, 0.2) is 0 Å². The summed E-state index contributed by atoms with van der Waals surface area (Å²) in [5, 5.41) is 3.17. The molecule has 1 N–H and O–H groups in total. The number of nitrogens with one attached hydrogen (secondary N) is 1. The minimum absolute atomic E-state index is 0.0185. The third-order valence-electron chi connectivity index (χ3n) is 9.20. The van der Waals surface area contributed by atoms with Gasteiger partial charge in [-0.05, 0) is 91.3 Å². The maximum atomic E-state index is 13.9. The number of pyridine rings is 1. The maximum Gasteiger partial charge on any atom is 0.258 e. The molecule has 2 unspecified atom stereocenters. The molecule has 0 radical (unpaired) electrons. The van der Waals surface area contributed by atoms with Crippen LogP contribution in [0.4, 0.5) is 17.1 Å². The summed E-state index contributed by atoms with van der Waals surface area (Å²) in [5.41, 5.74) is 6.74. The van der Waals surface area contributed by atoms with Gasteiger partial charge in [-0.25, -0.2) is 0 Å².